The number of nitrogens with zero attached hydrogens (tertiary/aromatic N) is 1. The predicted molar refractivity (Wildman–Crippen MR) is 227 cm³/mol. The molecule has 0 saturated heterocycles. The number of fused-ring (bicyclic) bond motifs is 10. The summed E-state index contributed by atoms with van der Waals surface area (Å²) < 4.78 is 7.35. The molecular formula is C53H35NO. The summed E-state index contributed by atoms with van der Waals surface area (Å²) in [6, 6.07) is 76.7. The van der Waals surface area contributed by atoms with Gasteiger partial charge in [0.15, 0.2) is 5.75 Å². The highest BCUT2D eigenvalue weighted by molar-refractivity contribution is 5.96. The highest BCUT2D eigenvalue weighted by atomic mass is 16.5. The van der Waals surface area contributed by atoms with E-state index in [1.165, 1.54) is 38.8 Å². The monoisotopic (exact) mass is 701 g/mol. The summed E-state index contributed by atoms with van der Waals surface area (Å²) in [6.45, 7) is 0. The number of rotatable bonds is 5. The maximum absolute atomic E-state index is 7.35. The minimum atomic E-state index is -0.599. The fraction of sp³-hybridized carbons (Fsp3) is 0.0189. The van der Waals surface area contributed by atoms with Crippen molar-refractivity contribution in [3.8, 4) is 44.9 Å². The van der Waals surface area contributed by atoms with Gasteiger partial charge < -0.3 is 9.64 Å². The van der Waals surface area contributed by atoms with E-state index in [2.05, 4.69) is 217 Å². The third-order valence-corrected chi connectivity index (χ3v) is 11.5. The largest absolute Gasteiger partial charge is 0.454 e. The van der Waals surface area contributed by atoms with Crippen LogP contribution in [0.2, 0.25) is 0 Å². The lowest BCUT2D eigenvalue weighted by Crippen LogP contribution is -2.32. The van der Waals surface area contributed by atoms with E-state index in [0.717, 1.165) is 56.2 Å². The van der Waals surface area contributed by atoms with E-state index < -0.39 is 5.41 Å². The number of anilines is 3. The lowest BCUT2D eigenvalue weighted by Gasteiger charge is -2.41. The van der Waals surface area contributed by atoms with E-state index in [0.29, 0.717) is 0 Å². The zero-order valence-electron chi connectivity index (χ0n) is 30.1. The first-order chi connectivity index (χ1) is 27.3. The molecule has 0 atom stereocenters. The van der Waals surface area contributed by atoms with E-state index in [1.807, 2.05) is 0 Å². The molecular weight excluding hydrogens is 667 g/mol. The van der Waals surface area contributed by atoms with Crippen LogP contribution in [0.1, 0.15) is 22.3 Å². The highest BCUT2D eigenvalue weighted by Crippen LogP contribution is 2.64. The average Bonchev–Trinajstić information content (AvgIpc) is 3.55. The van der Waals surface area contributed by atoms with Gasteiger partial charge in [-0.3, -0.25) is 0 Å². The van der Waals surface area contributed by atoms with Crippen LogP contribution in [0, 0.1) is 0 Å². The van der Waals surface area contributed by atoms with E-state index in [9.17, 15) is 0 Å². The van der Waals surface area contributed by atoms with Crippen LogP contribution in [-0.4, -0.2) is 0 Å². The Morgan fingerprint density at radius 1 is 0.345 bits per heavy atom. The molecule has 55 heavy (non-hydrogen) atoms. The van der Waals surface area contributed by atoms with Crippen molar-refractivity contribution in [2.24, 2.45) is 0 Å². The summed E-state index contributed by atoms with van der Waals surface area (Å²) in [5.74, 6) is 1.73. The van der Waals surface area contributed by atoms with Crippen LogP contribution in [0.5, 0.6) is 11.5 Å². The molecule has 2 aliphatic rings. The van der Waals surface area contributed by atoms with E-state index in [4.69, 9.17) is 4.74 Å². The summed E-state index contributed by atoms with van der Waals surface area (Å²) in [7, 11) is 0. The Kier molecular flexibility index (Phi) is 7.11. The Labute approximate surface area is 321 Å². The number of ether oxygens (including phenoxy) is 1. The topological polar surface area (TPSA) is 12.5 Å². The molecule has 1 spiro atoms. The molecule has 258 valence electrons. The van der Waals surface area contributed by atoms with Gasteiger partial charge in [0.25, 0.3) is 0 Å². The van der Waals surface area contributed by atoms with Crippen LogP contribution >= 0.6 is 0 Å². The van der Waals surface area contributed by atoms with Gasteiger partial charge in [0.1, 0.15) is 5.75 Å². The van der Waals surface area contributed by atoms with E-state index >= 15 is 0 Å². The summed E-state index contributed by atoms with van der Waals surface area (Å²) in [5, 5.41) is 2.35. The second kappa shape index (κ2) is 12.5. The minimum Gasteiger partial charge on any atom is -0.454 e. The Hall–Kier alpha value is -7.16. The van der Waals surface area contributed by atoms with Gasteiger partial charge in [-0.25, -0.2) is 0 Å². The third-order valence-electron chi connectivity index (χ3n) is 11.5. The number of benzene rings is 9. The first-order valence-corrected chi connectivity index (χ1v) is 18.9. The fourth-order valence-corrected chi connectivity index (χ4v) is 9.14. The molecule has 0 saturated carbocycles. The van der Waals surface area contributed by atoms with E-state index in [1.54, 1.807) is 0 Å². The molecule has 1 heterocycles. The number of hydrogen-bond donors (Lipinski definition) is 0. The molecule has 0 bridgehead atoms. The lowest BCUT2D eigenvalue weighted by atomic mass is 9.65. The molecule has 2 heteroatoms. The molecule has 0 amide bonds. The van der Waals surface area contributed by atoms with Crippen LogP contribution in [0.25, 0.3) is 44.2 Å². The van der Waals surface area contributed by atoms with Crippen molar-refractivity contribution in [2.45, 2.75) is 5.41 Å². The van der Waals surface area contributed by atoms with Crippen LogP contribution in [-0.2, 0) is 5.41 Å². The van der Waals surface area contributed by atoms with Gasteiger partial charge in [-0.1, -0.05) is 176 Å². The number of hydrogen-bond acceptors (Lipinski definition) is 2. The van der Waals surface area contributed by atoms with Crippen molar-refractivity contribution in [3.63, 3.8) is 0 Å². The molecule has 0 fully saturated rings. The first-order valence-electron chi connectivity index (χ1n) is 18.9. The van der Waals surface area contributed by atoms with Gasteiger partial charge in [0.05, 0.1) is 16.8 Å². The number of para-hydroxylation sites is 2. The average molecular weight is 702 g/mol. The zero-order valence-corrected chi connectivity index (χ0v) is 30.1. The minimum absolute atomic E-state index is 0.599. The van der Waals surface area contributed by atoms with Crippen molar-refractivity contribution < 1.29 is 4.74 Å². The second-order valence-electron chi connectivity index (χ2n) is 14.4. The quantitative estimate of drug-likeness (QED) is 0.177. The van der Waals surface area contributed by atoms with Gasteiger partial charge >= 0.3 is 0 Å². The van der Waals surface area contributed by atoms with Crippen LogP contribution in [0.15, 0.2) is 212 Å². The summed E-state index contributed by atoms with van der Waals surface area (Å²) in [5.41, 5.74) is 14.5. The SMILES string of the molecule is c1ccc(-c2ccc(N(c3ccccc3-c3ccccc3)c3cccc4c3Oc3cc5ccccc5cc3C43c4ccccc4-c4ccccc43)cc2)cc1. The Bertz CT molecular complexity index is 2850. The molecule has 0 unspecified atom stereocenters. The van der Waals surface area contributed by atoms with Gasteiger partial charge in [0, 0.05) is 22.4 Å². The van der Waals surface area contributed by atoms with Crippen LogP contribution in [0.4, 0.5) is 17.1 Å². The molecule has 9 aromatic rings. The Morgan fingerprint density at radius 2 is 0.855 bits per heavy atom. The van der Waals surface area contributed by atoms with Crippen molar-refractivity contribution >= 4 is 27.8 Å². The lowest BCUT2D eigenvalue weighted by molar-refractivity contribution is 0.438. The molecule has 0 N–H and O–H groups in total. The highest BCUT2D eigenvalue weighted by Gasteiger charge is 2.52. The van der Waals surface area contributed by atoms with Gasteiger partial charge in [-0.2, -0.15) is 0 Å². The smallest absolute Gasteiger partial charge is 0.156 e. The molecule has 2 nitrogen and oxygen atoms in total. The molecule has 0 radical (unpaired) electrons. The van der Waals surface area contributed by atoms with Gasteiger partial charge in [-0.15, -0.1) is 0 Å². The van der Waals surface area contributed by atoms with Gasteiger partial charge in [0.2, 0.25) is 0 Å². The standard InChI is InChI=1S/C53H35NO/c1-3-16-36(17-4-1)37-30-32-41(33-31-37)54(49-28-14-11-22-42(49)38-18-5-2-6-19-38)50-29-15-27-47-52(50)55-51-35-40-21-8-7-20-39(40)34-48(51)53(47)45-25-12-9-23-43(45)44-24-10-13-26-46(44)53/h1-35H. The van der Waals surface area contributed by atoms with Crippen molar-refractivity contribution in [1.29, 1.82) is 0 Å². The maximum atomic E-state index is 7.35. The second-order valence-corrected chi connectivity index (χ2v) is 14.4. The summed E-state index contributed by atoms with van der Waals surface area (Å²) in [4.78, 5) is 2.39. The van der Waals surface area contributed by atoms with Crippen LogP contribution < -0.4 is 9.64 Å². The predicted octanol–water partition coefficient (Wildman–Crippen LogP) is 14.1. The van der Waals surface area contributed by atoms with E-state index in [-0.39, 0.29) is 0 Å². The summed E-state index contributed by atoms with van der Waals surface area (Å²) in [6.07, 6.45) is 0. The zero-order chi connectivity index (χ0) is 36.3. The Balaban J connectivity index is 1.22. The molecule has 1 aliphatic heterocycles. The first kappa shape index (κ1) is 31.4. The maximum Gasteiger partial charge on any atom is 0.156 e. The molecule has 9 aromatic carbocycles. The fourth-order valence-electron chi connectivity index (χ4n) is 9.14. The van der Waals surface area contributed by atoms with Crippen molar-refractivity contribution in [3.05, 3.63) is 235 Å². The van der Waals surface area contributed by atoms with Crippen molar-refractivity contribution in [2.75, 3.05) is 4.90 Å². The molecule has 0 aromatic heterocycles. The normalized spacial score (nSPS) is 13.0. The van der Waals surface area contributed by atoms with Gasteiger partial charge in [-0.05, 0) is 86.1 Å². The third kappa shape index (κ3) is 4.75. The van der Waals surface area contributed by atoms with Crippen molar-refractivity contribution in [1.82, 2.24) is 0 Å². The molecule has 1 aliphatic carbocycles. The molecule has 11 rings (SSSR count). The van der Waals surface area contributed by atoms with Crippen LogP contribution in [0.3, 0.4) is 0 Å². The summed E-state index contributed by atoms with van der Waals surface area (Å²) >= 11 is 0. The Morgan fingerprint density at radius 3 is 1.55 bits per heavy atom.